The molecule has 1 aromatic rings. The number of nitrogens with two attached hydrogens (primary N) is 1. The molecule has 0 bridgehead atoms. The van der Waals surface area contributed by atoms with Gasteiger partial charge < -0.3 is 10.5 Å². The van der Waals surface area contributed by atoms with Crippen LogP contribution in [0.3, 0.4) is 0 Å². The Morgan fingerprint density at radius 2 is 2.50 bits per heavy atom. The second-order valence-corrected chi connectivity index (χ2v) is 2.92. The van der Waals surface area contributed by atoms with E-state index in [4.69, 9.17) is 10.5 Å². The fraction of sp³-hybridized carbons (Fsp3) is 0.400. The van der Waals surface area contributed by atoms with E-state index >= 15 is 0 Å². The van der Waals surface area contributed by atoms with Gasteiger partial charge in [-0.05, 0) is 25.0 Å². The van der Waals surface area contributed by atoms with E-state index in [0.717, 1.165) is 5.56 Å². The van der Waals surface area contributed by atoms with E-state index in [-0.39, 0.29) is 5.97 Å². The molecule has 76 valence electrons. The van der Waals surface area contributed by atoms with Crippen molar-refractivity contribution in [2.75, 3.05) is 6.61 Å². The van der Waals surface area contributed by atoms with E-state index in [1.54, 1.807) is 19.3 Å². The monoisotopic (exact) mass is 194 g/mol. The highest BCUT2D eigenvalue weighted by atomic mass is 16.5. The Morgan fingerprint density at radius 3 is 3.07 bits per heavy atom. The van der Waals surface area contributed by atoms with Gasteiger partial charge >= 0.3 is 5.97 Å². The van der Waals surface area contributed by atoms with Gasteiger partial charge in [-0.25, -0.2) is 0 Å². The lowest BCUT2D eigenvalue weighted by atomic mass is 10.1. The summed E-state index contributed by atoms with van der Waals surface area (Å²) < 4.78 is 4.79. The van der Waals surface area contributed by atoms with Crippen molar-refractivity contribution in [1.29, 1.82) is 0 Å². The molecule has 0 radical (unpaired) electrons. The van der Waals surface area contributed by atoms with Crippen molar-refractivity contribution >= 4 is 5.97 Å². The first-order valence-corrected chi connectivity index (χ1v) is 4.55. The Balaban J connectivity index is 2.49. The molecule has 14 heavy (non-hydrogen) atoms. The second-order valence-electron chi connectivity index (χ2n) is 2.92. The fourth-order valence-electron chi connectivity index (χ4n) is 1.11. The molecule has 0 fully saturated rings. The van der Waals surface area contributed by atoms with Crippen LogP contribution in [0.1, 0.15) is 12.5 Å². The molecule has 0 aliphatic carbocycles. The van der Waals surface area contributed by atoms with E-state index in [0.29, 0.717) is 13.0 Å². The quantitative estimate of drug-likeness (QED) is 0.709. The van der Waals surface area contributed by atoms with Crippen LogP contribution < -0.4 is 5.73 Å². The number of esters is 1. The summed E-state index contributed by atoms with van der Waals surface area (Å²) in [4.78, 5) is 15.1. The first-order valence-electron chi connectivity index (χ1n) is 4.55. The van der Waals surface area contributed by atoms with Crippen molar-refractivity contribution in [3.8, 4) is 0 Å². The first-order chi connectivity index (χ1) is 6.74. The molecule has 0 saturated carbocycles. The van der Waals surface area contributed by atoms with Gasteiger partial charge in [0.2, 0.25) is 0 Å². The van der Waals surface area contributed by atoms with Crippen LogP contribution in [0.25, 0.3) is 0 Å². The molecule has 1 aromatic heterocycles. The Morgan fingerprint density at radius 1 is 1.71 bits per heavy atom. The lowest BCUT2D eigenvalue weighted by molar-refractivity contribution is -0.144. The van der Waals surface area contributed by atoms with E-state index in [9.17, 15) is 4.79 Å². The van der Waals surface area contributed by atoms with E-state index in [1.165, 1.54) is 0 Å². The Bertz CT molecular complexity index is 287. The largest absolute Gasteiger partial charge is 0.465 e. The highest BCUT2D eigenvalue weighted by Gasteiger charge is 2.14. The average Bonchev–Trinajstić information content (AvgIpc) is 2.19. The smallest absolute Gasteiger partial charge is 0.323 e. The van der Waals surface area contributed by atoms with Gasteiger partial charge in [0.05, 0.1) is 6.61 Å². The Labute approximate surface area is 83.1 Å². The number of aromatic nitrogens is 1. The van der Waals surface area contributed by atoms with Crippen molar-refractivity contribution in [3.05, 3.63) is 30.1 Å². The molecule has 1 atom stereocenters. The minimum Gasteiger partial charge on any atom is -0.465 e. The zero-order chi connectivity index (χ0) is 10.4. The van der Waals surface area contributed by atoms with Crippen LogP contribution in [0.5, 0.6) is 0 Å². The zero-order valence-corrected chi connectivity index (χ0v) is 8.14. The summed E-state index contributed by atoms with van der Waals surface area (Å²) in [6.45, 7) is 2.12. The van der Waals surface area contributed by atoms with Crippen molar-refractivity contribution in [3.63, 3.8) is 0 Å². The maximum atomic E-state index is 11.2. The van der Waals surface area contributed by atoms with Gasteiger partial charge in [0, 0.05) is 12.4 Å². The first kappa shape index (κ1) is 10.7. The van der Waals surface area contributed by atoms with Crippen LogP contribution in [0.2, 0.25) is 0 Å². The molecular weight excluding hydrogens is 180 g/mol. The van der Waals surface area contributed by atoms with Crippen LogP contribution in [0, 0.1) is 0 Å². The van der Waals surface area contributed by atoms with Gasteiger partial charge in [0.1, 0.15) is 6.04 Å². The van der Waals surface area contributed by atoms with Crippen molar-refractivity contribution in [2.24, 2.45) is 5.73 Å². The van der Waals surface area contributed by atoms with Gasteiger partial charge in [0.15, 0.2) is 0 Å². The number of carbonyl (C=O) groups is 1. The normalized spacial score (nSPS) is 12.1. The minimum atomic E-state index is -0.598. The number of rotatable bonds is 4. The predicted octanol–water partition coefficient (Wildman–Crippen LogP) is 0.514. The van der Waals surface area contributed by atoms with Gasteiger partial charge in [-0.2, -0.15) is 0 Å². The van der Waals surface area contributed by atoms with E-state index in [2.05, 4.69) is 4.98 Å². The van der Waals surface area contributed by atoms with Crippen molar-refractivity contribution < 1.29 is 9.53 Å². The predicted molar refractivity (Wildman–Crippen MR) is 52.5 cm³/mol. The Kier molecular flexibility index (Phi) is 4.07. The molecule has 1 heterocycles. The molecule has 0 aliphatic rings. The van der Waals surface area contributed by atoms with Gasteiger partial charge in [-0.3, -0.25) is 9.78 Å². The molecule has 1 rings (SSSR count). The van der Waals surface area contributed by atoms with Crippen LogP contribution in [-0.2, 0) is 16.0 Å². The summed E-state index contributed by atoms with van der Waals surface area (Å²) in [6.07, 6.45) is 3.84. The summed E-state index contributed by atoms with van der Waals surface area (Å²) in [7, 11) is 0. The SMILES string of the molecule is CCOC(=O)C(N)Cc1cccnc1. The van der Waals surface area contributed by atoms with Crippen LogP contribution >= 0.6 is 0 Å². The number of hydrogen-bond donors (Lipinski definition) is 1. The highest BCUT2D eigenvalue weighted by Crippen LogP contribution is 2.00. The maximum absolute atomic E-state index is 11.2. The molecule has 0 saturated heterocycles. The van der Waals surface area contributed by atoms with E-state index < -0.39 is 6.04 Å². The van der Waals surface area contributed by atoms with Crippen molar-refractivity contribution in [2.45, 2.75) is 19.4 Å². The third kappa shape index (κ3) is 3.14. The van der Waals surface area contributed by atoms with Gasteiger partial charge in [-0.1, -0.05) is 6.07 Å². The third-order valence-electron chi connectivity index (χ3n) is 1.77. The van der Waals surface area contributed by atoms with Crippen molar-refractivity contribution in [1.82, 2.24) is 4.98 Å². The van der Waals surface area contributed by atoms with Gasteiger partial charge in [-0.15, -0.1) is 0 Å². The minimum absolute atomic E-state index is 0.361. The molecule has 0 aromatic carbocycles. The fourth-order valence-corrected chi connectivity index (χ4v) is 1.11. The summed E-state index contributed by atoms with van der Waals surface area (Å²) in [5.74, 6) is -0.364. The third-order valence-corrected chi connectivity index (χ3v) is 1.77. The van der Waals surface area contributed by atoms with Crippen LogP contribution in [0.15, 0.2) is 24.5 Å². The number of nitrogens with zero attached hydrogens (tertiary/aromatic N) is 1. The second kappa shape index (κ2) is 5.34. The maximum Gasteiger partial charge on any atom is 0.323 e. The molecule has 0 amide bonds. The molecule has 1 unspecified atom stereocenters. The zero-order valence-electron chi connectivity index (χ0n) is 8.14. The summed E-state index contributed by atoms with van der Waals surface area (Å²) >= 11 is 0. The highest BCUT2D eigenvalue weighted by molar-refractivity contribution is 5.75. The number of hydrogen-bond acceptors (Lipinski definition) is 4. The summed E-state index contributed by atoms with van der Waals surface area (Å²) in [6, 6.07) is 3.10. The summed E-state index contributed by atoms with van der Waals surface area (Å²) in [5.41, 5.74) is 6.57. The van der Waals surface area contributed by atoms with Crippen LogP contribution in [0.4, 0.5) is 0 Å². The lowest BCUT2D eigenvalue weighted by Gasteiger charge is -2.09. The molecule has 2 N–H and O–H groups in total. The molecule has 4 heteroatoms. The number of carbonyl (C=O) groups excluding carboxylic acids is 1. The number of pyridine rings is 1. The van der Waals surface area contributed by atoms with Gasteiger partial charge in [0.25, 0.3) is 0 Å². The van der Waals surface area contributed by atoms with Crippen LogP contribution in [-0.4, -0.2) is 23.6 Å². The van der Waals surface area contributed by atoms with E-state index in [1.807, 2.05) is 12.1 Å². The standard InChI is InChI=1S/C10H14N2O2/c1-2-14-10(13)9(11)6-8-4-3-5-12-7-8/h3-5,7,9H,2,6,11H2,1H3. The molecular formula is C10H14N2O2. The lowest BCUT2D eigenvalue weighted by Crippen LogP contribution is -2.34. The number of ether oxygens (including phenoxy) is 1. The topological polar surface area (TPSA) is 65.2 Å². The molecule has 0 aliphatic heterocycles. The molecule has 4 nitrogen and oxygen atoms in total. The summed E-state index contributed by atoms with van der Waals surface area (Å²) in [5, 5.41) is 0. The molecule has 0 spiro atoms. The Hall–Kier alpha value is -1.42. The average molecular weight is 194 g/mol.